The first-order valence-electron chi connectivity index (χ1n) is 8.45. The van der Waals surface area contributed by atoms with Gasteiger partial charge >= 0.3 is 0 Å². The van der Waals surface area contributed by atoms with Crippen LogP contribution in [0.2, 0.25) is 0 Å². The van der Waals surface area contributed by atoms with Crippen molar-refractivity contribution in [3.8, 4) is 5.75 Å². The van der Waals surface area contributed by atoms with Gasteiger partial charge < -0.3 is 15.4 Å². The highest BCUT2D eigenvalue weighted by Gasteiger charge is 2.10. The van der Waals surface area contributed by atoms with Gasteiger partial charge in [0.15, 0.2) is 5.11 Å². The Morgan fingerprint density at radius 1 is 1.00 bits per heavy atom. The topological polar surface area (TPSA) is 33.3 Å². The van der Waals surface area contributed by atoms with Gasteiger partial charge in [0.25, 0.3) is 0 Å². The fourth-order valence-electron chi connectivity index (χ4n) is 2.87. The van der Waals surface area contributed by atoms with Crippen LogP contribution >= 0.6 is 12.2 Å². The van der Waals surface area contributed by atoms with Crippen LogP contribution in [0, 0.1) is 0 Å². The van der Waals surface area contributed by atoms with Gasteiger partial charge in [0.05, 0.1) is 12.6 Å². The van der Waals surface area contributed by atoms with Crippen molar-refractivity contribution in [3.05, 3.63) is 72.3 Å². The van der Waals surface area contributed by atoms with Crippen molar-refractivity contribution in [2.45, 2.75) is 19.9 Å². The van der Waals surface area contributed by atoms with Gasteiger partial charge in [0, 0.05) is 5.69 Å². The van der Waals surface area contributed by atoms with E-state index in [0.29, 0.717) is 11.7 Å². The molecular weight excluding hydrogens is 328 g/mol. The van der Waals surface area contributed by atoms with Crippen molar-refractivity contribution >= 4 is 33.8 Å². The molecular formula is C21H22N2OS. The molecule has 0 fully saturated rings. The zero-order valence-electron chi connectivity index (χ0n) is 14.5. The van der Waals surface area contributed by atoms with Crippen LogP contribution < -0.4 is 15.4 Å². The molecule has 0 spiro atoms. The van der Waals surface area contributed by atoms with Crippen LogP contribution in [0.4, 0.5) is 5.69 Å². The molecule has 128 valence electrons. The van der Waals surface area contributed by atoms with Crippen LogP contribution in [0.15, 0.2) is 66.7 Å². The number of benzene rings is 3. The summed E-state index contributed by atoms with van der Waals surface area (Å²) in [7, 11) is 0. The van der Waals surface area contributed by atoms with Crippen molar-refractivity contribution < 1.29 is 4.74 Å². The van der Waals surface area contributed by atoms with Crippen molar-refractivity contribution in [1.29, 1.82) is 0 Å². The molecule has 3 rings (SSSR count). The average Bonchev–Trinajstić information content (AvgIpc) is 2.63. The Morgan fingerprint density at radius 3 is 2.48 bits per heavy atom. The molecule has 0 aliphatic carbocycles. The third kappa shape index (κ3) is 4.28. The highest BCUT2D eigenvalue weighted by atomic mass is 32.1. The molecule has 25 heavy (non-hydrogen) atoms. The van der Waals surface area contributed by atoms with E-state index in [4.69, 9.17) is 17.0 Å². The molecule has 0 bridgehead atoms. The van der Waals surface area contributed by atoms with Crippen molar-refractivity contribution in [3.63, 3.8) is 0 Å². The van der Waals surface area contributed by atoms with Gasteiger partial charge in [-0.25, -0.2) is 0 Å². The predicted molar refractivity (Wildman–Crippen MR) is 109 cm³/mol. The number of hydrogen-bond acceptors (Lipinski definition) is 2. The first-order chi connectivity index (χ1) is 12.2. The fraction of sp³-hybridized carbons (Fsp3) is 0.190. The molecule has 0 unspecified atom stereocenters. The Bertz CT molecular complexity index is 856. The number of anilines is 1. The summed E-state index contributed by atoms with van der Waals surface area (Å²) in [5.41, 5.74) is 2.17. The van der Waals surface area contributed by atoms with Crippen LogP contribution in [-0.4, -0.2) is 11.7 Å². The monoisotopic (exact) mass is 350 g/mol. The molecule has 2 N–H and O–H groups in total. The predicted octanol–water partition coefficient (Wildman–Crippen LogP) is 5.29. The van der Waals surface area contributed by atoms with Gasteiger partial charge in [-0.05, 0) is 66.7 Å². The van der Waals surface area contributed by atoms with E-state index in [1.54, 1.807) is 0 Å². The zero-order valence-corrected chi connectivity index (χ0v) is 15.3. The van der Waals surface area contributed by atoms with Gasteiger partial charge in [-0.1, -0.05) is 42.5 Å². The SMILES string of the molecule is CCOc1ccc(NC(=S)N[C@@H](C)c2cccc3ccccc23)cc1. The molecule has 3 aromatic rings. The molecule has 4 heteroatoms. The minimum Gasteiger partial charge on any atom is -0.494 e. The van der Waals surface area contributed by atoms with E-state index in [0.717, 1.165) is 11.4 Å². The van der Waals surface area contributed by atoms with Crippen LogP contribution in [0.25, 0.3) is 10.8 Å². The largest absolute Gasteiger partial charge is 0.494 e. The normalized spacial score (nSPS) is 11.8. The van der Waals surface area contributed by atoms with Crippen molar-refractivity contribution in [2.24, 2.45) is 0 Å². The summed E-state index contributed by atoms with van der Waals surface area (Å²) >= 11 is 5.47. The second-order valence-corrected chi connectivity index (χ2v) is 6.25. The lowest BCUT2D eigenvalue weighted by atomic mass is 10.00. The summed E-state index contributed by atoms with van der Waals surface area (Å²) in [6.45, 7) is 4.75. The first-order valence-corrected chi connectivity index (χ1v) is 8.86. The summed E-state index contributed by atoms with van der Waals surface area (Å²) in [6, 6.07) is 22.6. The lowest BCUT2D eigenvalue weighted by molar-refractivity contribution is 0.340. The third-order valence-corrected chi connectivity index (χ3v) is 4.28. The molecule has 1 atom stereocenters. The summed E-state index contributed by atoms with van der Waals surface area (Å²) in [4.78, 5) is 0. The highest BCUT2D eigenvalue weighted by Crippen LogP contribution is 2.24. The minimum atomic E-state index is 0.105. The summed E-state index contributed by atoms with van der Waals surface area (Å²) in [5, 5.41) is 9.67. The zero-order chi connectivity index (χ0) is 17.6. The molecule has 0 aliphatic heterocycles. The standard InChI is InChI=1S/C21H22N2OS/c1-3-24-18-13-11-17(12-14-18)23-21(25)22-15(2)19-10-6-8-16-7-4-5-9-20(16)19/h4-15H,3H2,1-2H3,(H2,22,23,25)/t15-/m0/s1. The quantitative estimate of drug-likeness (QED) is 0.613. The Morgan fingerprint density at radius 2 is 1.72 bits per heavy atom. The number of rotatable bonds is 5. The molecule has 0 saturated heterocycles. The minimum absolute atomic E-state index is 0.105. The highest BCUT2D eigenvalue weighted by molar-refractivity contribution is 7.80. The fourth-order valence-corrected chi connectivity index (χ4v) is 3.17. The van der Waals surface area contributed by atoms with E-state index in [1.807, 2.05) is 31.2 Å². The molecule has 3 aromatic carbocycles. The van der Waals surface area contributed by atoms with Gasteiger partial charge in [0.1, 0.15) is 5.75 Å². The van der Waals surface area contributed by atoms with E-state index in [1.165, 1.54) is 16.3 Å². The number of hydrogen-bond donors (Lipinski definition) is 2. The molecule has 0 aliphatic rings. The van der Waals surface area contributed by atoms with Gasteiger partial charge in [0.2, 0.25) is 0 Å². The Hall–Kier alpha value is -2.59. The van der Waals surface area contributed by atoms with E-state index < -0.39 is 0 Å². The van der Waals surface area contributed by atoms with E-state index in [9.17, 15) is 0 Å². The van der Waals surface area contributed by atoms with Crippen molar-refractivity contribution in [1.82, 2.24) is 5.32 Å². The average molecular weight is 350 g/mol. The van der Waals surface area contributed by atoms with Crippen LogP contribution in [0.5, 0.6) is 5.75 Å². The lowest BCUT2D eigenvalue weighted by Gasteiger charge is -2.19. The number of thiocarbonyl (C=S) groups is 1. The molecule has 3 nitrogen and oxygen atoms in total. The van der Waals surface area contributed by atoms with Gasteiger partial charge in [-0.3, -0.25) is 0 Å². The lowest BCUT2D eigenvalue weighted by Crippen LogP contribution is -2.30. The number of fused-ring (bicyclic) bond motifs is 1. The summed E-state index contributed by atoms with van der Waals surface area (Å²) in [5.74, 6) is 0.857. The van der Waals surface area contributed by atoms with Crippen LogP contribution in [0.1, 0.15) is 25.5 Å². The second kappa shape index (κ2) is 7.99. The molecule has 0 saturated carbocycles. The molecule has 0 aromatic heterocycles. The number of ether oxygens (including phenoxy) is 1. The maximum Gasteiger partial charge on any atom is 0.171 e. The Kier molecular flexibility index (Phi) is 5.51. The second-order valence-electron chi connectivity index (χ2n) is 5.85. The van der Waals surface area contributed by atoms with Crippen LogP contribution in [-0.2, 0) is 0 Å². The molecule has 0 amide bonds. The smallest absolute Gasteiger partial charge is 0.171 e. The van der Waals surface area contributed by atoms with Crippen molar-refractivity contribution in [2.75, 3.05) is 11.9 Å². The molecule has 0 radical (unpaired) electrons. The maximum absolute atomic E-state index is 5.47. The molecule has 0 heterocycles. The number of nitrogens with one attached hydrogen (secondary N) is 2. The maximum atomic E-state index is 5.47. The van der Waals surface area contributed by atoms with E-state index in [2.05, 4.69) is 60.0 Å². The van der Waals surface area contributed by atoms with Gasteiger partial charge in [-0.15, -0.1) is 0 Å². The van der Waals surface area contributed by atoms with Gasteiger partial charge in [-0.2, -0.15) is 0 Å². The first kappa shape index (κ1) is 17.2. The van der Waals surface area contributed by atoms with Crippen LogP contribution in [0.3, 0.4) is 0 Å². The summed E-state index contributed by atoms with van der Waals surface area (Å²) < 4.78 is 5.45. The Balaban J connectivity index is 1.67. The van der Waals surface area contributed by atoms with E-state index in [-0.39, 0.29) is 6.04 Å². The van der Waals surface area contributed by atoms with E-state index >= 15 is 0 Å². The Labute approximate surface area is 154 Å². The third-order valence-electron chi connectivity index (χ3n) is 4.06. The summed E-state index contributed by atoms with van der Waals surface area (Å²) in [6.07, 6.45) is 0.